The van der Waals surface area contributed by atoms with Crippen LogP contribution in [0, 0.1) is 5.82 Å². The topological polar surface area (TPSA) is 59.1 Å². The summed E-state index contributed by atoms with van der Waals surface area (Å²) in [5, 5.41) is 9.38. The monoisotopic (exact) mass is 280 g/mol. The summed E-state index contributed by atoms with van der Waals surface area (Å²) in [6, 6.07) is 7.84. The number of rotatable bonds is 2. The van der Waals surface area contributed by atoms with Gasteiger partial charge >= 0.3 is 0 Å². The van der Waals surface area contributed by atoms with E-state index in [-0.39, 0.29) is 24.2 Å². The van der Waals surface area contributed by atoms with Crippen molar-refractivity contribution in [2.24, 2.45) is 5.73 Å². The van der Waals surface area contributed by atoms with E-state index in [0.29, 0.717) is 17.2 Å². The predicted octanol–water partition coefficient (Wildman–Crippen LogP) is 2.83. The Bertz CT molecular complexity index is 588. The maximum Gasteiger partial charge on any atom is 0.132 e. The third kappa shape index (κ3) is 2.69. The molecule has 1 heterocycles. The van der Waals surface area contributed by atoms with E-state index in [2.05, 4.69) is 4.98 Å². The first-order chi connectivity index (χ1) is 8.65. The first kappa shape index (κ1) is 13.8. The third-order valence-corrected chi connectivity index (χ3v) is 3.28. The maximum atomic E-state index is 13.6. The molecule has 0 unspecified atom stereocenters. The van der Waals surface area contributed by atoms with Crippen LogP contribution in [0.3, 0.4) is 0 Å². The molecular formula is C14H14ClFN2O. The van der Waals surface area contributed by atoms with Gasteiger partial charge in [-0.2, -0.15) is 0 Å². The molecule has 1 aliphatic carbocycles. The van der Waals surface area contributed by atoms with Gasteiger partial charge in [0.15, 0.2) is 0 Å². The van der Waals surface area contributed by atoms with Crippen LogP contribution in [0.15, 0.2) is 36.5 Å². The number of halogens is 2. The van der Waals surface area contributed by atoms with Crippen LogP contribution in [0.25, 0.3) is 11.3 Å². The van der Waals surface area contributed by atoms with Crippen LogP contribution in [-0.4, -0.2) is 16.1 Å². The van der Waals surface area contributed by atoms with Crippen molar-refractivity contribution in [2.45, 2.75) is 18.4 Å². The standard InChI is InChI=1S/C14H13FN2O.ClH/c15-12-3-2-9(18)5-11(12)14-4-1-8(7-17-14)10-6-13(10)16;/h1-5,7,10,13,18H,6,16H2;1H/t10-,13+;/m1./s1. The Morgan fingerprint density at radius 1 is 1.26 bits per heavy atom. The highest BCUT2D eigenvalue weighted by Gasteiger charge is 2.34. The van der Waals surface area contributed by atoms with E-state index < -0.39 is 5.82 Å². The van der Waals surface area contributed by atoms with Gasteiger partial charge in [-0.15, -0.1) is 12.4 Å². The summed E-state index contributed by atoms with van der Waals surface area (Å²) in [5.74, 6) is 0.0261. The van der Waals surface area contributed by atoms with Crippen molar-refractivity contribution in [1.82, 2.24) is 4.98 Å². The summed E-state index contributed by atoms with van der Waals surface area (Å²) in [6.07, 6.45) is 2.72. The quantitative estimate of drug-likeness (QED) is 0.889. The number of phenolic OH excluding ortho intramolecular Hbond substituents is 1. The average Bonchev–Trinajstić information content (AvgIpc) is 3.10. The van der Waals surface area contributed by atoms with Crippen molar-refractivity contribution in [3.05, 3.63) is 47.9 Å². The largest absolute Gasteiger partial charge is 0.508 e. The van der Waals surface area contributed by atoms with Crippen molar-refractivity contribution >= 4 is 12.4 Å². The molecule has 19 heavy (non-hydrogen) atoms. The Kier molecular flexibility index (Phi) is 3.73. The molecule has 0 amide bonds. The Morgan fingerprint density at radius 3 is 2.58 bits per heavy atom. The van der Waals surface area contributed by atoms with Gasteiger partial charge in [0.1, 0.15) is 11.6 Å². The first-order valence-corrected chi connectivity index (χ1v) is 5.85. The third-order valence-electron chi connectivity index (χ3n) is 3.28. The Labute approximate surface area is 116 Å². The number of nitrogens with two attached hydrogens (primary N) is 1. The second-order valence-electron chi connectivity index (χ2n) is 4.65. The van der Waals surface area contributed by atoms with Gasteiger partial charge in [-0.05, 0) is 36.2 Å². The van der Waals surface area contributed by atoms with Gasteiger partial charge in [-0.25, -0.2) is 4.39 Å². The van der Waals surface area contributed by atoms with Crippen molar-refractivity contribution < 1.29 is 9.50 Å². The molecule has 1 fully saturated rings. The fraction of sp³-hybridized carbons (Fsp3) is 0.214. The zero-order valence-electron chi connectivity index (χ0n) is 10.1. The van der Waals surface area contributed by atoms with Crippen LogP contribution < -0.4 is 5.73 Å². The summed E-state index contributed by atoms with van der Waals surface area (Å²) in [5.41, 5.74) is 7.68. The molecule has 1 aliphatic rings. The normalized spacial score (nSPS) is 20.7. The zero-order chi connectivity index (χ0) is 12.7. The van der Waals surface area contributed by atoms with Gasteiger partial charge < -0.3 is 10.8 Å². The van der Waals surface area contributed by atoms with Gasteiger partial charge in [-0.1, -0.05) is 6.07 Å². The molecule has 3 nitrogen and oxygen atoms in total. The van der Waals surface area contributed by atoms with E-state index >= 15 is 0 Å². The van der Waals surface area contributed by atoms with E-state index in [0.717, 1.165) is 12.0 Å². The van der Waals surface area contributed by atoms with Gasteiger partial charge in [0.05, 0.1) is 5.69 Å². The fourth-order valence-corrected chi connectivity index (χ4v) is 2.09. The molecule has 3 N–H and O–H groups in total. The summed E-state index contributed by atoms with van der Waals surface area (Å²) in [6.45, 7) is 0. The molecule has 0 bridgehead atoms. The highest BCUT2D eigenvalue weighted by Crippen LogP contribution is 2.39. The van der Waals surface area contributed by atoms with Gasteiger partial charge in [0, 0.05) is 23.7 Å². The molecule has 0 spiro atoms. The summed E-state index contributed by atoms with van der Waals surface area (Å²) >= 11 is 0. The van der Waals surface area contributed by atoms with Crippen molar-refractivity contribution in [1.29, 1.82) is 0 Å². The molecule has 5 heteroatoms. The number of benzene rings is 1. The lowest BCUT2D eigenvalue weighted by Gasteiger charge is -2.05. The van der Waals surface area contributed by atoms with E-state index in [1.165, 1.54) is 18.2 Å². The molecule has 100 valence electrons. The summed E-state index contributed by atoms with van der Waals surface area (Å²) in [4.78, 5) is 4.24. The molecule has 1 saturated carbocycles. The van der Waals surface area contributed by atoms with E-state index in [9.17, 15) is 9.50 Å². The maximum absolute atomic E-state index is 13.6. The molecule has 0 radical (unpaired) electrons. The van der Waals surface area contributed by atoms with E-state index in [4.69, 9.17) is 5.73 Å². The van der Waals surface area contributed by atoms with Crippen LogP contribution in [0.2, 0.25) is 0 Å². The van der Waals surface area contributed by atoms with Crippen LogP contribution in [0.1, 0.15) is 17.9 Å². The smallest absolute Gasteiger partial charge is 0.132 e. The molecule has 2 aromatic rings. The number of hydrogen-bond acceptors (Lipinski definition) is 3. The summed E-state index contributed by atoms with van der Waals surface area (Å²) < 4.78 is 13.6. The zero-order valence-corrected chi connectivity index (χ0v) is 10.9. The number of aromatic hydroxyl groups is 1. The molecule has 1 aromatic carbocycles. The van der Waals surface area contributed by atoms with E-state index in [1.807, 2.05) is 6.07 Å². The van der Waals surface area contributed by atoms with Crippen molar-refractivity contribution in [2.75, 3.05) is 0 Å². The average molecular weight is 281 g/mol. The lowest BCUT2D eigenvalue weighted by atomic mass is 10.1. The van der Waals surface area contributed by atoms with Crippen LogP contribution in [0.4, 0.5) is 4.39 Å². The molecule has 3 rings (SSSR count). The van der Waals surface area contributed by atoms with Crippen molar-refractivity contribution in [3.63, 3.8) is 0 Å². The second-order valence-corrected chi connectivity index (χ2v) is 4.65. The molecule has 0 aliphatic heterocycles. The number of nitrogens with zero attached hydrogens (tertiary/aromatic N) is 1. The lowest BCUT2D eigenvalue weighted by Crippen LogP contribution is -2.01. The van der Waals surface area contributed by atoms with Crippen LogP contribution >= 0.6 is 12.4 Å². The minimum absolute atomic E-state index is 0. The molecular weight excluding hydrogens is 267 g/mol. The van der Waals surface area contributed by atoms with Gasteiger partial charge in [0.2, 0.25) is 0 Å². The fourth-order valence-electron chi connectivity index (χ4n) is 2.09. The molecule has 0 saturated heterocycles. The second kappa shape index (κ2) is 5.15. The Hall–Kier alpha value is -1.65. The minimum Gasteiger partial charge on any atom is -0.508 e. The summed E-state index contributed by atoms with van der Waals surface area (Å²) in [7, 11) is 0. The predicted molar refractivity (Wildman–Crippen MR) is 73.9 cm³/mol. The van der Waals surface area contributed by atoms with Gasteiger partial charge in [0.25, 0.3) is 0 Å². The number of hydrogen-bond donors (Lipinski definition) is 2. The molecule has 1 aromatic heterocycles. The van der Waals surface area contributed by atoms with Gasteiger partial charge in [-0.3, -0.25) is 4.98 Å². The van der Waals surface area contributed by atoms with E-state index in [1.54, 1.807) is 12.3 Å². The molecule has 2 atom stereocenters. The van der Waals surface area contributed by atoms with Crippen LogP contribution in [-0.2, 0) is 0 Å². The Balaban J connectivity index is 0.00000133. The first-order valence-electron chi connectivity index (χ1n) is 5.85. The van der Waals surface area contributed by atoms with Crippen LogP contribution in [0.5, 0.6) is 5.75 Å². The minimum atomic E-state index is -0.392. The van der Waals surface area contributed by atoms with Crippen molar-refractivity contribution in [3.8, 4) is 17.0 Å². The highest BCUT2D eigenvalue weighted by molar-refractivity contribution is 5.85. The number of phenols is 1. The Morgan fingerprint density at radius 2 is 2.00 bits per heavy atom. The lowest BCUT2D eigenvalue weighted by molar-refractivity contribution is 0.473. The number of aromatic nitrogens is 1. The number of pyridine rings is 1. The SMILES string of the molecule is Cl.N[C@H]1C[C@@H]1c1ccc(-c2cc(O)ccc2F)nc1. The highest BCUT2D eigenvalue weighted by atomic mass is 35.5.